The van der Waals surface area contributed by atoms with Crippen LogP contribution in [0, 0.1) is 0 Å². The molecule has 0 fully saturated rings. The molecule has 5 atom stereocenters. The molecule has 260 valence electrons. The van der Waals surface area contributed by atoms with Crippen molar-refractivity contribution >= 4 is 35.6 Å². The SMILES string of the molecule is NCCCC[C@H](NC(=O)[C@H](CCCCN)NC(=O)[C@H](Cc1cnc[nH]1)NC(=O)[C@H](CCCN=C(N)N)NC(=O)[C@@H](N)CO)C(=O)O. The lowest BCUT2D eigenvalue weighted by atomic mass is 10.0. The number of aliphatic carboxylic acids is 1. The summed E-state index contributed by atoms with van der Waals surface area (Å²) in [4.78, 5) is 75.2. The highest BCUT2D eigenvalue weighted by Crippen LogP contribution is 2.08. The van der Waals surface area contributed by atoms with E-state index in [0.29, 0.717) is 44.5 Å². The molecule has 0 aliphatic heterocycles. The molecule has 1 aromatic heterocycles. The highest BCUT2D eigenvalue weighted by molar-refractivity contribution is 5.95. The van der Waals surface area contributed by atoms with Crippen LogP contribution in [0.3, 0.4) is 0 Å². The molecule has 0 saturated carbocycles. The summed E-state index contributed by atoms with van der Waals surface area (Å²) < 4.78 is 0. The van der Waals surface area contributed by atoms with Crippen LogP contribution in [-0.2, 0) is 30.4 Å². The Bertz CT molecular complexity index is 1110. The van der Waals surface area contributed by atoms with Gasteiger partial charge in [-0.25, -0.2) is 9.78 Å². The summed E-state index contributed by atoms with van der Waals surface area (Å²) >= 11 is 0. The largest absolute Gasteiger partial charge is 0.480 e. The van der Waals surface area contributed by atoms with Gasteiger partial charge in [-0.2, -0.15) is 0 Å². The summed E-state index contributed by atoms with van der Waals surface area (Å²) in [5, 5.41) is 29.1. The van der Waals surface area contributed by atoms with Gasteiger partial charge in [-0.15, -0.1) is 0 Å². The first-order valence-electron chi connectivity index (χ1n) is 15.2. The minimum atomic E-state index is -1.30. The van der Waals surface area contributed by atoms with Gasteiger partial charge in [0.05, 0.1) is 12.9 Å². The molecular weight excluding hydrogens is 604 g/mol. The van der Waals surface area contributed by atoms with Crippen LogP contribution in [-0.4, -0.2) is 112 Å². The van der Waals surface area contributed by atoms with Crippen molar-refractivity contribution in [3.05, 3.63) is 18.2 Å². The maximum Gasteiger partial charge on any atom is 0.326 e. The fraction of sp³-hybridized carbons (Fsp3) is 0.667. The fourth-order valence-corrected chi connectivity index (χ4v) is 4.29. The van der Waals surface area contributed by atoms with E-state index in [1.165, 1.54) is 12.5 Å². The van der Waals surface area contributed by atoms with Crippen molar-refractivity contribution < 1.29 is 34.2 Å². The number of carbonyl (C=O) groups is 5. The van der Waals surface area contributed by atoms with Crippen LogP contribution in [0.25, 0.3) is 0 Å². The average Bonchev–Trinajstić information content (AvgIpc) is 3.53. The minimum Gasteiger partial charge on any atom is -0.480 e. The molecule has 0 radical (unpaired) electrons. The number of carboxylic acid groups (broad SMARTS) is 1. The Morgan fingerprint density at radius 3 is 1.78 bits per heavy atom. The minimum absolute atomic E-state index is 0.0513. The number of aliphatic imine (C=N–C) groups is 1. The first kappa shape index (κ1) is 39.7. The zero-order valence-corrected chi connectivity index (χ0v) is 26.0. The van der Waals surface area contributed by atoms with Crippen LogP contribution in [0.15, 0.2) is 17.5 Å². The molecule has 1 aromatic rings. The smallest absolute Gasteiger partial charge is 0.326 e. The van der Waals surface area contributed by atoms with Crippen molar-refractivity contribution in [2.75, 3.05) is 26.2 Å². The number of guanidine groups is 1. The number of aromatic nitrogens is 2. The van der Waals surface area contributed by atoms with Crippen molar-refractivity contribution in [2.24, 2.45) is 33.7 Å². The molecule has 0 aliphatic rings. The molecule has 0 bridgehead atoms. The van der Waals surface area contributed by atoms with Crippen molar-refractivity contribution in [1.82, 2.24) is 31.2 Å². The third-order valence-corrected chi connectivity index (χ3v) is 6.87. The Hall–Kier alpha value is -4.33. The molecule has 4 amide bonds. The van der Waals surface area contributed by atoms with Gasteiger partial charge in [-0.1, -0.05) is 0 Å². The normalized spacial score (nSPS) is 14.2. The number of H-pyrrole nitrogens is 1. The Kier molecular flexibility index (Phi) is 19.2. The van der Waals surface area contributed by atoms with E-state index in [9.17, 15) is 34.2 Å². The molecule has 0 aromatic carbocycles. The van der Waals surface area contributed by atoms with E-state index >= 15 is 0 Å². The topological polar surface area (TPSA) is 345 Å². The van der Waals surface area contributed by atoms with E-state index in [0.717, 1.165) is 0 Å². The second-order valence-corrected chi connectivity index (χ2v) is 10.7. The molecule has 19 heteroatoms. The predicted molar refractivity (Wildman–Crippen MR) is 168 cm³/mol. The molecule has 46 heavy (non-hydrogen) atoms. The number of imidazole rings is 1. The lowest BCUT2D eigenvalue weighted by Crippen LogP contribution is -2.59. The predicted octanol–water partition coefficient (Wildman–Crippen LogP) is -4.39. The van der Waals surface area contributed by atoms with Gasteiger partial charge in [-0.05, 0) is 64.5 Å². The summed E-state index contributed by atoms with van der Waals surface area (Å²) in [6.07, 6.45) is 5.42. The summed E-state index contributed by atoms with van der Waals surface area (Å²) in [7, 11) is 0. The number of carbonyl (C=O) groups excluding carboxylic acids is 4. The number of hydrogen-bond acceptors (Lipinski definition) is 11. The number of aromatic amines is 1. The number of nitrogens with one attached hydrogen (secondary N) is 5. The summed E-state index contributed by atoms with van der Waals surface area (Å²) in [6, 6.07) is -6.09. The van der Waals surface area contributed by atoms with Crippen LogP contribution in [0.4, 0.5) is 0 Å². The van der Waals surface area contributed by atoms with E-state index in [2.05, 4.69) is 36.2 Å². The number of nitrogens with zero attached hydrogens (tertiary/aromatic N) is 2. The highest BCUT2D eigenvalue weighted by atomic mass is 16.4. The maximum atomic E-state index is 13.6. The maximum absolute atomic E-state index is 13.6. The van der Waals surface area contributed by atoms with Crippen molar-refractivity contribution in [2.45, 2.75) is 88.0 Å². The zero-order valence-electron chi connectivity index (χ0n) is 26.0. The van der Waals surface area contributed by atoms with Gasteiger partial charge in [0.1, 0.15) is 30.2 Å². The third-order valence-electron chi connectivity index (χ3n) is 6.87. The molecule has 0 aliphatic carbocycles. The van der Waals surface area contributed by atoms with Crippen LogP contribution in [0.1, 0.15) is 57.1 Å². The van der Waals surface area contributed by atoms with Crippen LogP contribution in [0.2, 0.25) is 0 Å². The molecule has 0 spiro atoms. The lowest BCUT2D eigenvalue weighted by Gasteiger charge is -2.26. The summed E-state index contributed by atoms with van der Waals surface area (Å²) in [5.41, 5.74) is 27.9. The second-order valence-electron chi connectivity index (χ2n) is 10.7. The molecule has 0 saturated heterocycles. The van der Waals surface area contributed by atoms with Gasteiger partial charge in [0.15, 0.2) is 5.96 Å². The number of carboxylic acids is 1. The molecule has 19 nitrogen and oxygen atoms in total. The van der Waals surface area contributed by atoms with Gasteiger partial charge >= 0.3 is 5.97 Å². The number of hydrogen-bond donors (Lipinski definition) is 12. The quantitative estimate of drug-likeness (QED) is 0.0285. The average molecular weight is 655 g/mol. The molecule has 17 N–H and O–H groups in total. The van der Waals surface area contributed by atoms with Crippen LogP contribution >= 0.6 is 0 Å². The zero-order chi connectivity index (χ0) is 34.5. The number of nitrogens with two attached hydrogens (primary N) is 5. The highest BCUT2D eigenvalue weighted by Gasteiger charge is 2.32. The Morgan fingerprint density at radius 1 is 0.783 bits per heavy atom. The van der Waals surface area contributed by atoms with E-state index < -0.39 is 66.4 Å². The van der Waals surface area contributed by atoms with Gasteiger partial charge in [0, 0.05) is 24.9 Å². The summed E-state index contributed by atoms with van der Waals surface area (Å²) in [6.45, 7) is 0.196. The van der Waals surface area contributed by atoms with Crippen molar-refractivity contribution in [3.8, 4) is 0 Å². The molecule has 1 heterocycles. The van der Waals surface area contributed by atoms with Crippen LogP contribution < -0.4 is 49.9 Å². The number of aliphatic hydroxyl groups is 1. The monoisotopic (exact) mass is 654 g/mol. The van der Waals surface area contributed by atoms with E-state index in [1.807, 2.05) is 0 Å². The van der Waals surface area contributed by atoms with Gasteiger partial charge in [0.25, 0.3) is 0 Å². The molecule has 1 rings (SSSR count). The molecule has 0 unspecified atom stereocenters. The summed E-state index contributed by atoms with van der Waals surface area (Å²) in [5.74, 6) is -4.38. The first-order chi connectivity index (χ1) is 21.9. The Labute approximate surface area is 267 Å². The van der Waals surface area contributed by atoms with Gasteiger partial charge in [0.2, 0.25) is 23.6 Å². The first-order valence-corrected chi connectivity index (χ1v) is 15.2. The number of aliphatic hydroxyl groups excluding tert-OH is 1. The second kappa shape index (κ2) is 22.2. The lowest BCUT2D eigenvalue weighted by molar-refractivity contribution is -0.142. The Morgan fingerprint density at radius 2 is 1.28 bits per heavy atom. The molecular formula is C27H50N12O7. The van der Waals surface area contributed by atoms with E-state index in [4.69, 9.17) is 28.7 Å². The van der Waals surface area contributed by atoms with Crippen LogP contribution in [0.5, 0.6) is 0 Å². The Balaban J connectivity index is 3.21. The van der Waals surface area contributed by atoms with E-state index in [1.54, 1.807) is 0 Å². The third kappa shape index (κ3) is 15.6. The fourth-order valence-electron chi connectivity index (χ4n) is 4.29. The number of amides is 4. The van der Waals surface area contributed by atoms with Gasteiger partial charge < -0.3 is 65.1 Å². The number of rotatable bonds is 24. The standard InChI is InChI=1S/C27H50N12O7/c28-9-3-1-6-18(23(42)38-20(26(45)46)7-2-4-10-29)37-25(44)21(12-16-13-33-15-35-16)39-24(43)19(8-5-11-34-27(31)32)36-22(41)17(30)14-40/h13,15,17-21,40H,1-12,14,28-30H2,(H,33,35)(H,36,41)(H,37,44)(H,38,42)(H,39,43)(H,45,46)(H4,31,32,34)/t17-,18-,19-,20-,21-/m0/s1. The van der Waals surface area contributed by atoms with Crippen molar-refractivity contribution in [3.63, 3.8) is 0 Å². The van der Waals surface area contributed by atoms with Gasteiger partial charge in [-0.3, -0.25) is 24.2 Å². The van der Waals surface area contributed by atoms with E-state index in [-0.39, 0.29) is 44.6 Å². The number of unbranched alkanes of at least 4 members (excludes halogenated alkanes) is 2. The van der Waals surface area contributed by atoms with Crippen molar-refractivity contribution in [1.29, 1.82) is 0 Å².